The highest BCUT2D eigenvalue weighted by Crippen LogP contribution is 2.14. The van der Waals surface area contributed by atoms with Crippen molar-refractivity contribution in [3.8, 4) is 0 Å². The fourth-order valence-electron chi connectivity index (χ4n) is 1.20. The number of nitrogens with one attached hydrogen (secondary N) is 1. The van der Waals surface area contributed by atoms with Crippen LogP contribution in [0.4, 0.5) is 0 Å². The molecule has 1 atom stereocenters. The second kappa shape index (κ2) is 5.51. The fourth-order valence-corrected chi connectivity index (χ4v) is 1.56. The SMILES string of the molecule is C=C(C)CNC(C)c1ccc(I)cc1. The number of benzene rings is 1. The van der Waals surface area contributed by atoms with Crippen LogP contribution in [0.25, 0.3) is 0 Å². The van der Waals surface area contributed by atoms with Gasteiger partial charge in [-0.15, -0.1) is 0 Å². The summed E-state index contributed by atoms with van der Waals surface area (Å²) in [6.45, 7) is 8.96. The second-order valence-electron chi connectivity index (χ2n) is 3.61. The summed E-state index contributed by atoms with van der Waals surface area (Å²) in [5.74, 6) is 0. The van der Waals surface area contributed by atoms with E-state index < -0.39 is 0 Å². The van der Waals surface area contributed by atoms with Crippen molar-refractivity contribution in [3.63, 3.8) is 0 Å². The molecule has 0 saturated heterocycles. The van der Waals surface area contributed by atoms with Crippen LogP contribution in [0.5, 0.6) is 0 Å². The van der Waals surface area contributed by atoms with Crippen molar-refractivity contribution >= 4 is 22.6 Å². The normalized spacial score (nSPS) is 12.5. The van der Waals surface area contributed by atoms with E-state index in [0.29, 0.717) is 6.04 Å². The maximum absolute atomic E-state index is 3.87. The molecule has 1 unspecified atom stereocenters. The summed E-state index contributed by atoms with van der Waals surface area (Å²) >= 11 is 2.32. The first-order valence-corrected chi connectivity index (χ1v) is 5.80. The maximum atomic E-state index is 3.87. The molecule has 14 heavy (non-hydrogen) atoms. The molecule has 0 spiro atoms. The molecule has 1 aromatic carbocycles. The molecule has 0 radical (unpaired) electrons. The van der Waals surface area contributed by atoms with Gasteiger partial charge in [0.2, 0.25) is 0 Å². The van der Waals surface area contributed by atoms with Crippen LogP contribution in [0, 0.1) is 3.57 Å². The highest BCUT2D eigenvalue weighted by molar-refractivity contribution is 14.1. The van der Waals surface area contributed by atoms with Crippen molar-refractivity contribution in [2.75, 3.05) is 6.54 Å². The summed E-state index contributed by atoms with van der Waals surface area (Å²) in [4.78, 5) is 0. The average Bonchev–Trinajstić information content (AvgIpc) is 2.15. The van der Waals surface area contributed by atoms with Crippen molar-refractivity contribution in [3.05, 3.63) is 45.6 Å². The average molecular weight is 301 g/mol. The number of hydrogen-bond acceptors (Lipinski definition) is 1. The highest BCUT2D eigenvalue weighted by atomic mass is 127. The predicted octanol–water partition coefficient (Wildman–Crippen LogP) is 3.52. The van der Waals surface area contributed by atoms with Gasteiger partial charge in [-0.25, -0.2) is 0 Å². The van der Waals surface area contributed by atoms with Gasteiger partial charge < -0.3 is 5.32 Å². The quantitative estimate of drug-likeness (QED) is 0.663. The zero-order chi connectivity index (χ0) is 10.6. The van der Waals surface area contributed by atoms with Gasteiger partial charge in [-0.2, -0.15) is 0 Å². The van der Waals surface area contributed by atoms with Crippen molar-refractivity contribution < 1.29 is 0 Å². The van der Waals surface area contributed by atoms with Crippen molar-refractivity contribution in [1.29, 1.82) is 0 Å². The van der Waals surface area contributed by atoms with Crippen molar-refractivity contribution in [2.45, 2.75) is 19.9 Å². The molecule has 0 aromatic heterocycles. The van der Waals surface area contributed by atoms with E-state index in [1.807, 2.05) is 6.92 Å². The third-order valence-electron chi connectivity index (χ3n) is 2.08. The van der Waals surface area contributed by atoms with Crippen LogP contribution in [0.1, 0.15) is 25.5 Å². The molecule has 1 N–H and O–H groups in total. The second-order valence-corrected chi connectivity index (χ2v) is 4.86. The third-order valence-corrected chi connectivity index (χ3v) is 2.80. The molecule has 1 nitrogen and oxygen atoms in total. The highest BCUT2D eigenvalue weighted by Gasteiger charge is 2.03. The van der Waals surface area contributed by atoms with E-state index >= 15 is 0 Å². The lowest BCUT2D eigenvalue weighted by Crippen LogP contribution is -2.20. The van der Waals surface area contributed by atoms with Gasteiger partial charge in [0.25, 0.3) is 0 Å². The molecule has 0 bridgehead atoms. The van der Waals surface area contributed by atoms with Gasteiger partial charge in [0.15, 0.2) is 0 Å². The molecule has 1 aromatic rings. The molecule has 0 fully saturated rings. The Balaban J connectivity index is 2.56. The van der Waals surface area contributed by atoms with Gasteiger partial charge in [0.05, 0.1) is 0 Å². The first-order chi connectivity index (χ1) is 6.59. The van der Waals surface area contributed by atoms with Crippen LogP contribution in [0.2, 0.25) is 0 Å². The van der Waals surface area contributed by atoms with Crippen LogP contribution in [-0.4, -0.2) is 6.54 Å². The van der Waals surface area contributed by atoms with E-state index in [0.717, 1.165) is 6.54 Å². The summed E-state index contributed by atoms with van der Waals surface area (Å²) in [5.41, 5.74) is 2.49. The third kappa shape index (κ3) is 3.80. The summed E-state index contributed by atoms with van der Waals surface area (Å²) in [7, 11) is 0. The smallest absolute Gasteiger partial charge is 0.0294 e. The summed E-state index contributed by atoms with van der Waals surface area (Å²) in [6.07, 6.45) is 0. The molecular formula is C12H16IN. The van der Waals surface area contributed by atoms with Gasteiger partial charge in [0, 0.05) is 16.2 Å². The van der Waals surface area contributed by atoms with Gasteiger partial charge >= 0.3 is 0 Å². The number of halogens is 1. The maximum Gasteiger partial charge on any atom is 0.0294 e. The molecule has 0 amide bonds. The van der Waals surface area contributed by atoms with Crippen LogP contribution < -0.4 is 5.32 Å². The zero-order valence-corrected chi connectivity index (χ0v) is 10.8. The van der Waals surface area contributed by atoms with Crippen molar-refractivity contribution in [2.24, 2.45) is 0 Å². The Morgan fingerprint density at radius 2 is 2.00 bits per heavy atom. The monoisotopic (exact) mass is 301 g/mol. The summed E-state index contributed by atoms with van der Waals surface area (Å²) in [5, 5.41) is 3.42. The Morgan fingerprint density at radius 1 is 1.43 bits per heavy atom. The van der Waals surface area contributed by atoms with Crippen LogP contribution in [-0.2, 0) is 0 Å². The number of hydrogen-bond donors (Lipinski definition) is 1. The van der Waals surface area contributed by atoms with Gasteiger partial charge in [-0.05, 0) is 54.1 Å². The predicted molar refractivity (Wildman–Crippen MR) is 70.4 cm³/mol. The Bertz CT molecular complexity index is 303. The largest absolute Gasteiger partial charge is 0.306 e. The molecular weight excluding hydrogens is 285 g/mol. The topological polar surface area (TPSA) is 12.0 Å². The van der Waals surface area contributed by atoms with Gasteiger partial charge in [0.1, 0.15) is 0 Å². The molecule has 0 aliphatic rings. The molecule has 76 valence electrons. The molecule has 1 rings (SSSR count). The van der Waals surface area contributed by atoms with Crippen LogP contribution in [0.3, 0.4) is 0 Å². The Kier molecular flexibility index (Phi) is 4.62. The Morgan fingerprint density at radius 3 is 2.50 bits per heavy atom. The minimum atomic E-state index is 0.392. The summed E-state index contributed by atoms with van der Waals surface area (Å²) in [6, 6.07) is 8.99. The fraction of sp³-hybridized carbons (Fsp3) is 0.333. The Hall–Kier alpha value is -0.350. The summed E-state index contributed by atoms with van der Waals surface area (Å²) < 4.78 is 1.28. The molecule has 0 heterocycles. The minimum Gasteiger partial charge on any atom is -0.306 e. The lowest BCUT2D eigenvalue weighted by molar-refractivity contribution is 0.607. The van der Waals surface area contributed by atoms with Crippen molar-refractivity contribution in [1.82, 2.24) is 5.32 Å². The van der Waals surface area contributed by atoms with E-state index in [4.69, 9.17) is 0 Å². The van der Waals surface area contributed by atoms with Crippen LogP contribution in [0.15, 0.2) is 36.4 Å². The van der Waals surface area contributed by atoms with Crippen LogP contribution >= 0.6 is 22.6 Å². The zero-order valence-electron chi connectivity index (χ0n) is 8.68. The molecule has 0 aliphatic heterocycles. The van der Waals surface area contributed by atoms with E-state index in [2.05, 4.69) is 65.7 Å². The lowest BCUT2D eigenvalue weighted by Gasteiger charge is -2.14. The standard InChI is InChI=1S/C12H16IN/c1-9(2)8-14-10(3)11-4-6-12(13)7-5-11/h4-7,10,14H,1,8H2,2-3H3. The lowest BCUT2D eigenvalue weighted by atomic mass is 10.1. The number of rotatable bonds is 4. The Labute approximate surface area is 99.7 Å². The van der Waals surface area contributed by atoms with E-state index in [1.165, 1.54) is 14.7 Å². The first kappa shape index (κ1) is 11.7. The van der Waals surface area contributed by atoms with E-state index in [9.17, 15) is 0 Å². The van der Waals surface area contributed by atoms with E-state index in [-0.39, 0.29) is 0 Å². The van der Waals surface area contributed by atoms with Gasteiger partial charge in [-0.3, -0.25) is 0 Å². The van der Waals surface area contributed by atoms with E-state index in [1.54, 1.807) is 0 Å². The minimum absolute atomic E-state index is 0.392. The van der Waals surface area contributed by atoms with Gasteiger partial charge in [-0.1, -0.05) is 24.3 Å². The molecule has 0 saturated carbocycles. The molecule has 0 aliphatic carbocycles. The first-order valence-electron chi connectivity index (χ1n) is 4.73. The molecule has 2 heteroatoms.